The summed E-state index contributed by atoms with van der Waals surface area (Å²) < 4.78 is 11.1. The van der Waals surface area contributed by atoms with Crippen molar-refractivity contribution in [2.45, 2.75) is 46.4 Å². The fourth-order valence-corrected chi connectivity index (χ4v) is 5.57. The van der Waals surface area contributed by atoms with E-state index in [2.05, 4.69) is 23.5 Å². The zero-order valence-corrected chi connectivity index (χ0v) is 22.4. The van der Waals surface area contributed by atoms with Gasteiger partial charge in [-0.25, -0.2) is 9.79 Å². The van der Waals surface area contributed by atoms with Crippen LogP contribution in [-0.4, -0.2) is 21.9 Å². The van der Waals surface area contributed by atoms with E-state index in [4.69, 9.17) is 14.1 Å². The molecule has 1 N–H and O–H groups in total. The lowest BCUT2D eigenvalue weighted by Crippen LogP contribution is -2.38. The van der Waals surface area contributed by atoms with Gasteiger partial charge in [0.15, 0.2) is 5.17 Å². The molecule has 3 aromatic rings. The van der Waals surface area contributed by atoms with Gasteiger partial charge >= 0.3 is 5.97 Å². The molecular formula is C30H29N3O4S. The molecular weight excluding hydrogens is 498 g/mol. The number of carbonyl (C=O) groups is 2. The third-order valence-corrected chi connectivity index (χ3v) is 7.43. The first-order valence-corrected chi connectivity index (χ1v) is 13.3. The Morgan fingerprint density at radius 3 is 2.66 bits per heavy atom. The van der Waals surface area contributed by atoms with Crippen LogP contribution >= 0.6 is 11.8 Å². The fourth-order valence-electron chi connectivity index (χ4n) is 4.61. The molecule has 1 unspecified atom stereocenters. The summed E-state index contributed by atoms with van der Waals surface area (Å²) in [4.78, 5) is 33.3. The summed E-state index contributed by atoms with van der Waals surface area (Å²) in [7, 11) is 0. The number of hydrogen-bond acceptors (Lipinski definition) is 7. The van der Waals surface area contributed by atoms with E-state index < -0.39 is 12.0 Å². The monoisotopic (exact) mass is 527 g/mol. The molecule has 0 fully saturated rings. The third-order valence-electron chi connectivity index (χ3n) is 6.54. The van der Waals surface area contributed by atoms with E-state index in [0.29, 0.717) is 23.6 Å². The standard InChI is InChI=1S/C30H29N3O4S/c1-19-11-12-20(2)25(14-19)28-27(29(35)37-17-22-8-5-4-6-9-22)21(3)32-30-33(28)23(18-38-30)15-26(34)31-16-24-10-7-13-36-24/h4-14,18,28H,15-17H2,1-3H3,(H,31,34). The third kappa shape index (κ3) is 5.45. The largest absolute Gasteiger partial charge is 0.467 e. The van der Waals surface area contributed by atoms with Crippen LogP contribution in [0.1, 0.15) is 47.4 Å². The molecule has 1 atom stereocenters. The molecule has 194 valence electrons. The van der Waals surface area contributed by atoms with Gasteiger partial charge in [-0.1, -0.05) is 65.9 Å². The number of ether oxygens (including phenoxy) is 1. The second-order valence-electron chi connectivity index (χ2n) is 9.35. The van der Waals surface area contributed by atoms with Crippen LogP contribution in [0, 0.1) is 13.8 Å². The second-order valence-corrected chi connectivity index (χ2v) is 10.2. The Morgan fingerprint density at radius 2 is 1.89 bits per heavy atom. The van der Waals surface area contributed by atoms with Crippen molar-refractivity contribution in [2.24, 2.45) is 4.99 Å². The molecule has 3 heterocycles. The minimum absolute atomic E-state index is 0.138. The number of aryl methyl sites for hydroxylation is 2. The van der Waals surface area contributed by atoms with Crippen LogP contribution in [0.15, 0.2) is 98.7 Å². The minimum atomic E-state index is -0.468. The highest BCUT2D eigenvalue weighted by molar-refractivity contribution is 8.16. The molecule has 0 bridgehead atoms. The summed E-state index contributed by atoms with van der Waals surface area (Å²) in [6, 6.07) is 18.9. The highest BCUT2D eigenvalue weighted by Crippen LogP contribution is 2.45. The summed E-state index contributed by atoms with van der Waals surface area (Å²) in [5, 5.41) is 5.59. The van der Waals surface area contributed by atoms with E-state index in [1.54, 1.807) is 12.3 Å². The zero-order valence-electron chi connectivity index (χ0n) is 21.6. The highest BCUT2D eigenvalue weighted by Gasteiger charge is 2.41. The molecule has 0 saturated heterocycles. The Morgan fingerprint density at radius 1 is 1.08 bits per heavy atom. The van der Waals surface area contributed by atoms with Crippen molar-refractivity contribution in [3.63, 3.8) is 0 Å². The van der Waals surface area contributed by atoms with Crippen LogP contribution in [0.25, 0.3) is 0 Å². The van der Waals surface area contributed by atoms with Crippen molar-refractivity contribution in [3.05, 3.63) is 117 Å². The van der Waals surface area contributed by atoms with Gasteiger partial charge in [0, 0.05) is 5.70 Å². The number of hydrogen-bond donors (Lipinski definition) is 1. The maximum atomic E-state index is 13.6. The molecule has 0 radical (unpaired) electrons. The van der Waals surface area contributed by atoms with Gasteiger partial charge in [0.25, 0.3) is 0 Å². The first-order valence-electron chi connectivity index (χ1n) is 12.4. The Hall–Kier alpha value is -4.04. The number of esters is 1. The van der Waals surface area contributed by atoms with Crippen molar-refractivity contribution in [2.75, 3.05) is 0 Å². The van der Waals surface area contributed by atoms with Gasteiger partial charge in [0.2, 0.25) is 5.91 Å². The number of amidine groups is 1. The van der Waals surface area contributed by atoms with E-state index in [0.717, 1.165) is 33.1 Å². The summed E-state index contributed by atoms with van der Waals surface area (Å²) in [6.45, 7) is 6.38. The van der Waals surface area contributed by atoms with E-state index >= 15 is 0 Å². The topological polar surface area (TPSA) is 84.1 Å². The molecule has 2 aliphatic heterocycles. The highest BCUT2D eigenvalue weighted by atomic mass is 32.2. The van der Waals surface area contributed by atoms with Gasteiger partial charge in [-0.2, -0.15) is 0 Å². The molecule has 0 saturated carbocycles. The predicted molar refractivity (Wildman–Crippen MR) is 148 cm³/mol. The second kappa shape index (κ2) is 11.1. The van der Waals surface area contributed by atoms with Gasteiger partial charge in [-0.15, -0.1) is 0 Å². The SMILES string of the molecule is CC1=C(C(=O)OCc2ccccc2)C(c2cc(C)ccc2C)N2C(CC(=O)NCc3ccco3)=CSC2=N1. The Kier molecular flexibility index (Phi) is 7.51. The van der Waals surface area contributed by atoms with Crippen LogP contribution in [0.3, 0.4) is 0 Å². The molecule has 1 amide bonds. The number of nitrogens with one attached hydrogen (secondary N) is 1. The van der Waals surface area contributed by atoms with E-state index in [-0.39, 0.29) is 18.9 Å². The summed E-state index contributed by atoms with van der Waals surface area (Å²) in [5.74, 6) is 0.121. The quantitative estimate of drug-likeness (QED) is 0.366. The molecule has 8 heteroatoms. The Balaban J connectivity index is 1.44. The fraction of sp³-hybridized carbons (Fsp3) is 0.233. The molecule has 7 nitrogen and oxygen atoms in total. The molecule has 0 aliphatic carbocycles. The number of benzene rings is 2. The summed E-state index contributed by atoms with van der Waals surface area (Å²) in [5.41, 5.74) is 5.88. The van der Waals surface area contributed by atoms with Crippen molar-refractivity contribution in [3.8, 4) is 0 Å². The number of amides is 1. The van der Waals surface area contributed by atoms with Crippen LogP contribution in [0.4, 0.5) is 0 Å². The van der Waals surface area contributed by atoms with E-state index in [1.807, 2.05) is 67.5 Å². The minimum Gasteiger partial charge on any atom is -0.467 e. The lowest BCUT2D eigenvalue weighted by atomic mass is 9.90. The molecule has 38 heavy (non-hydrogen) atoms. The molecule has 2 aliphatic rings. The maximum Gasteiger partial charge on any atom is 0.338 e. The van der Waals surface area contributed by atoms with Gasteiger partial charge in [0.05, 0.1) is 36.5 Å². The first-order chi connectivity index (χ1) is 18.4. The first kappa shape index (κ1) is 25.6. The van der Waals surface area contributed by atoms with Gasteiger partial charge in [0.1, 0.15) is 12.4 Å². The normalized spacial score (nSPS) is 16.6. The molecule has 1 aromatic heterocycles. The van der Waals surface area contributed by atoms with Crippen LogP contribution in [-0.2, 0) is 27.5 Å². The van der Waals surface area contributed by atoms with E-state index in [1.165, 1.54) is 11.8 Å². The van der Waals surface area contributed by atoms with Crippen LogP contribution in [0.5, 0.6) is 0 Å². The number of aliphatic imine (C=N–C) groups is 1. The number of carbonyl (C=O) groups excluding carboxylic acids is 2. The van der Waals surface area contributed by atoms with Crippen molar-refractivity contribution in [1.82, 2.24) is 10.2 Å². The van der Waals surface area contributed by atoms with Crippen molar-refractivity contribution in [1.29, 1.82) is 0 Å². The maximum absolute atomic E-state index is 13.6. The van der Waals surface area contributed by atoms with Crippen LogP contribution < -0.4 is 5.32 Å². The number of fused-ring (bicyclic) bond motifs is 1. The number of nitrogens with zero attached hydrogens (tertiary/aromatic N) is 2. The zero-order chi connectivity index (χ0) is 26.6. The number of thioether (sulfide) groups is 1. The number of allylic oxidation sites excluding steroid dienone is 1. The molecule has 5 rings (SSSR count). The Bertz CT molecular complexity index is 1440. The summed E-state index contributed by atoms with van der Waals surface area (Å²) in [6.07, 6.45) is 1.72. The summed E-state index contributed by atoms with van der Waals surface area (Å²) >= 11 is 1.46. The number of furan rings is 1. The smallest absolute Gasteiger partial charge is 0.338 e. The lowest BCUT2D eigenvalue weighted by Gasteiger charge is -2.37. The predicted octanol–water partition coefficient (Wildman–Crippen LogP) is 5.92. The molecule has 2 aromatic carbocycles. The van der Waals surface area contributed by atoms with Crippen LogP contribution in [0.2, 0.25) is 0 Å². The van der Waals surface area contributed by atoms with Crippen molar-refractivity contribution >= 4 is 28.8 Å². The average Bonchev–Trinajstić information content (AvgIpc) is 3.57. The average molecular weight is 528 g/mol. The lowest BCUT2D eigenvalue weighted by molar-refractivity contribution is -0.141. The van der Waals surface area contributed by atoms with E-state index in [9.17, 15) is 9.59 Å². The number of rotatable bonds is 8. The van der Waals surface area contributed by atoms with Gasteiger partial charge in [-0.3, -0.25) is 4.79 Å². The van der Waals surface area contributed by atoms with Crippen molar-refractivity contribution < 1.29 is 18.7 Å². The van der Waals surface area contributed by atoms with Gasteiger partial charge in [-0.05, 0) is 55.0 Å². The van der Waals surface area contributed by atoms with Gasteiger partial charge < -0.3 is 19.4 Å². The Labute approximate surface area is 226 Å². The molecule has 0 spiro atoms.